The van der Waals surface area contributed by atoms with Crippen molar-refractivity contribution in [1.82, 2.24) is 10.3 Å². The zero-order valence-electron chi connectivity index (χ0n) is 10.8. The highest BCUT2D eigenvalue weighted by molar-refractivity contribution is 9.10. The maximum atomic E-state index is 11.2. The summed E-state index contributed by atoms with van der Waals surface area (Å²) in [6.07, 6.45) is 0. The van der Waals surface area contributed by atoms with Crippen LogP contribution in [0.5, 0.6) is 0 Å². The highest BCUT2D eigenvalue weighted by atomic mass is 79.9. The van der Waals surface area contributed by atoms with Gasteiger partial charge in [0.05, 0.1) is 11.6 Å². The van der Waals surface area contributed by atoms with E-state index in [1.165, 1.54) is 0 Å². The van der Waals surface area contributed by atoms with Gasteiger partial charge >= 0.3 is 5.76 Å². The smallest absolute Gasteiger partial charge is 0.417 e. The summed E-state index contributed by atoms with van der Waals surface area (Å²) in [6.45, 7) is 2.82. The Bertz CT molecular complexity index is 787. The molecule has 0 spiro atoms. The maximum Gasteiger partial charge on any atom is 0.417 e. The Morgan fingerprint density at radius 1 is 1.30 bits per heavy atom. The van der Waals surface area contributed by atoms with Gasteiger partial charge in [-0.2, -0.15) is 0 Å². The number of fused-ring (bicyclic) bond motifs is 1. The first-order valence-corrected chi connectivity index (χ1v) is 7.08. The molecule has 0 radical (unpaired) electrons. The lowest BCUT2D eigenvalue weighted by Crippen LogP contribution is -2.21. The van der Waals surface area contributed by atoms with Crippen LogP contribution in [0.15, 0.2) is 48.6 Å². The van der Waals surface area contributed by atoms with Gasteiger partial charge in [-0.05, 0) is 52.3 Å². The van der Waals surface area contributed by atoms with Crippen LogP contribution in [0, 0.1) is 0 Å². The van der Waals surface area contributed by atoms with Gasteiger partial charge in [-0.15, -0.1) is 0 Å². The molecule has 0 saturated carbocycles. The molecule has 1 atom stereocenters. The number of H-pyrrole nitrogens is 1. The fraction of sp³-hybridized carbons (Fsp3) is 0.214. The summed E-state index contributed by atoms with van der Waals surface area (Å²) in [5.41, 5.74) is 2.21. The molecule has 2 N–H and O–H groups in total. The van der Waals surface area contributed by atoms with Crippen molar-refractivity contribution >= 4 is 27.0 Å². The lowest BCUT2D eigenvalue weighted by Gasteiger charge is -2.15. The molecule has 104 valence electrons. The second-order valence-electron chi connectivity index (χ2n) is 4.40. The number of rotatable bonds is 4. The molecule has 1 unspecified atom stereocenters. The summed E-state index contributed by atoms with van der Waals surface area (Å²) < 4.78 is 11.4. The van der Waals surface area contributed by atoms with Crippen molar-refractivity contribution in [3.8, 4) is 0 Å². The van der Waals surface area contributed by atoms with Gasteiger partial charge < -0.3 is 14.2 Å². The number of furan rings is 1. The third kappa shape index (κ3) is 2.44. The summed E-state index contributed by atoms with van der Waals surface area (Å²) in [5, 5.41) is 3.36. The first kappa shape index (κ1) is 13.2. The average molecular weight is 337 g/mol. The van der Waals surface area contributed by atoms with Crippen LogP contribution in [0.3, 0.4) is 0 Å². The van der Waals surface area contributed by atoms with Crippen LogP contribution in [0.2, 0.25) is 0 Å². The molecule has 0 saturated heterocycles. The molecule has 0 aliphatic rings. The van der Waals surface area contributed by atoms with Crippen molar-refractivity contribution < 1.29 is 8.83 Å². The standard InChI is InChI=1S/C14H13BrN2O3/c1-2-16-13(10-5-6-12(15)19-10)8-3-4-9-11(7-8)20-14(18)17-9/h3-7,13,16H,2H2,1H3,(H,17,18). The summed E-state index contributed by atoms with van der Waals surface area (Å²) in [4.78, 5) is 13.8. The summed E-state index contributed by atoms with van der Waals surface area (Å²) in [6, 6.07) is 9.30. The quantitative estimate of drug-likeness (QED) is 0.767. The van der Waals surface area contributed by atoms with E-state index in [4.69, 9.17) is 8.83 Å². The van der Waals surface area contributed by atoms with E-state index in [-0.39, 0.29) is 6.04 Å². The van der Waals surface area contributed by atoms with E-state index in [9.17, 15) is 4.79 Å². The normalized spacial score (nSPS) is 12.9. The number of halogens is 1. The minimum absolute atomic E-state index is 0.0871. The van der Waals surface area contributed by atoms with Gasteiger partial charge in [0.15, 0.2) is 10.3 Å². The highest BCUT2D eigenvalue weighted by Crippen LogP contribution is 2.27. The fourth-order valence-corrected chi connectivity index (χ4v) is 2.53. The molecule has 0 amide bonds. The zero-order valence-corrected chi connectivity index (χ0v) is 12.4. The van der Waals surface area contributed by atoms with Crippen LogP contribution in [-0.2, 0) is 0 Å². The van der Waals surface area contributed by atoms with Crippen molar-refractivity contribution in [3.05, 3.63) is 56.9 Å². The van der Waals surface area contributed by atoms with E-state index in [0.717, 1.165) is 17.9 Å². The average Bonchev–Trinajstić information content (AvgIpc) is 3.00. The molecular formula is C14H13BrN2O3. The zero-order chi connectivity index (χ0) is 14.1. The first-order valence-electron chi connectivity index (χ1n) is 6.29. The minimum atomic E-state index is -0.446. The molecule has 2 heterocycles. The number of hydrogen-bond acceptors (Lipinski definition) is 4. The van der Waals surface area contributed by atoms with Crippen molar-refractivity contribution in [3.63, 3.8) is 0 Å². The van der Waals surface area contributed by atoms with E-state index < -0.39 is 5.76 Å². The van der Waals surface area contributed by atoms with Crippen LogP contribution in [0.4, 0.5) is 0 Å². The van der Waals surface area contributed by atoms with Crippen LogP contribution in [0.25, 0.3) is 11.1 Å². The third-order valence-electron chi connectivity index (χ3n) is 3.07. The predicted octanol–water partition coefficient (Wildman–Crippen LogP) is 3.18. The Labute approximate surface area is 123 Å². The van der Waals surface area contributed by atoms with E-state index >= 15 is 0 Å². The second kappa shape index (κ2) is 5.30. The van der Waals surface area contributed by atoms with E-state index in [1.807, 2.05) is 37.3 Å². The van der Waals surface area contributed by atoms with Gasteiger partial charge in [0.25, 0.3) is 0 Å². The van der Waals surface area contributed by atoms with Crippen LogP contribution < -0.4 is 11.1 Å². The predicted molar refractivity (Wildman–Crippen MR) is 78.8 cm³/mol. The lowest BCUT2D eigenvalue weighted by atomic mass is 10.0. The molecule has 3 aromatic rings. The highest BCUT2D eigenvalue weighted by Gasteiger charge is 2.18. The number of hydrogen-bond donors (Lipinski definition) is 2. The Morgan fingerprint density at radius 3 is 2.85 bits per heavy atom. The van der Waals surface area contributed by atoms with Crippen molar-refractivity contribution in [2.75, 3.05) is 6.54 Å². The summed E-state index contributed by atoms with van der Waals surface area (Å²) in [7, 11) is 0. The molecule has 2 aromatic heterocycles. The monoisotopic (exact) mass is 336 g/mol. The molecule has 6 heteroatoms. The van der Waals surface area contributed by atoms with Crippen molar-refractivity contribution in [2.45, 2.75) is 13.0 Å². The number of aromatic amines is 1. The summed E-state index contributed by atoms with van der Waals surface area (Å²) in [5.74, 6) is 0.355. The lowest BCUT2D eigenvalue weighted by molar-refractivity contribution is 0.437. The minimum Gasteiger partial charge on any atom is -0.452 e. The van der Waals surface area contributed by atoms with Gasteiger partial charge in [0, 0.05) is 0 Å². The summed E-state index contributed by atoms with van der Waals surface area (Å²) >= 11 is 3.31. The van der Waals surface area contributed by atoms with E-state index in [0.29, 0.717) is 15.8 Å². The Hall–Kier alpha value is -1.79. The Balaban J connectivity index is 2.06. The number of nitrogens with one attached hydrogen (secondary N) is 2. The second-order valence-corrected chi connectivity index (χ2v) is 5.18. The van der Waals surface area contributed by atoms with Crippen LogP contribution in [0.1, 0.15) is 24.3 Å². The Kier molecular flexibility index (Phi) is 3.50. The van der Waals surface area contributed by atoms with E-state index in [2.05, 4.69) is 26.2 Å². The van der Waals surface area contributed by atoms with Crippen LogP contribution in [-0.4, -0.2) is 11.5 Å². The van der Waals surface area contributed by atoms with Gasteiger partial charge in [-0.25, -0.2) is 4.79 Å². The van der Waals surface area contributed by atoms with Crippen molar-refractivity contribution in [1.29, 1.82) is 0 Å². The molecular weight excluding hydrogens is 324 g/mol. The number of oxazole rings is 1. The molecule has 0 aliphatic carbocycles. The molecule has 3 rings (SSSR count). The molecule has 0 fully saturated rings. The fourth-order valence-electron chi connectivity index (χ4n) is 2.21. The van der Waals surface area contributed by atoms with E-state index in [1.54, 1.807) is 0 Å². The molecule has 0 bridgehead atoms. The molecule has 5 nitrogen and oxygen atoms in total. The number of benzene rings is 1. The Morgan fingerprint density at radius 2 is 2.15 bits per heavy atom. The van der Waals surface area contributed by atoms with Crippen molar-refractivity contribution in [2.24, 2.45) is 0 Å². The van der Waals surface area contributed by atoms with Gasteiger partial charge in [-0.1, -0.05) is 13.0 Å². The maximum absolute atomic E-state index is 11.2. The first-order chi connectivity index (χ1) is 9.67. The molecule has 20 heavy (non-hydrogen) atoms. The van der Waals surface area contributed by atoms with Gasteiger partial charge in [0.2, 0.25) is 0 Å². The van der Waals surface area contributed by atoms with Gasteiger partial charge in [0.1, 0.15) is 5.76 Å². The van der Waals surface area contributed by atoms with Gasteiger partial charge in [-0.3, -0.25) is 4.98 Å². The SMILES string of the molecule is CCNC(c1ccc2[nH]c(=O)oc2c1)c1ccc(Br)o1. The number of aromatic nitrogens is 1. The third-order valence-corrected chi connectivity index (χ3v) is 3.49. The topological polar surface area (TPSA) is 71.2 Å². The largest absolute Gasteiger partial charge is 0.452 e. The molecule has 1 aromatic carbocycles. The van der Waals surface area contributed by atoms with Crippen LogP contribution >= 0.6 is 15.9 Å². The molecule has 0 aliphatic heterocycles.